The molecule has 3 rings (SSSR count). The van der Waals surface area contributed by atoms with Gasteiger partial charge in [0.25, 0.3) is 6.01 Å². The first-order valence-corrected chi connectivity index (χ1v) is 5.67. The molecule has 1 aromatic heterocycles. The maximum atomic E-state index is 5.74. The number of rotatable bonds is 1. The molecule has 1 unspecified atom stereocenters. The molecule has 4 nitrogen and oxygen atoms in total. The van der Waals surface area contributed by atoms with E-state index in [1.54, 1.807) is 0 Å². The number of para-hydroxylation sites is 2. The minimum Gasteiger partial charge on any atom is -0.423 e. The van der Waals surface area contributed by atoms with E-state index < -0.39 is 0 Å². The molecule has 1 atom stereocenters. The summed E-state index contributed by atoms with van der Waals surface area (Å²) in [6, 6.07) is 9.12. The van der Waals surface area contributed by atoms with Gasteiger partial charge in [0.2, 0.25) is 0 Å². The Morgan fingerprint density at radius 3 is 3.12 bits per heavy atom. The summed E-state index contributed by atoms with van der Waals surface area (Å²) in [4.78, 5) is 6.70. The van der Waals surface area contributed by atoms with Gasteiger partial charge in [-0.3, -0.25) is 0 Å². The molecule has 2 heterocycles. The molecule has 0 aliphatic carbocycles. The van der Waals surface area contributed by atoms with Crippen LogP contribution >= 0.6 is 0 Å². The van der Waals surface area contributed by atoms with Crippen LogP contribution in [0.4, 0.5) is 6.01 Å². The third-order valence-electron chi connectivity index (χ3n) is 2.92. The fourth-order valence-corrected chi connectivity index (χ4v) is 2.10. The Morgan fingerprint density at radius 1 is 1.44 bits per heavy atom. The van der Waals surface area contributed by atoms with E-state index in [4.69, 9.17) is 4.42 Å². The molecule has 0 spiro atoms. The Kier molecular flexibility index (Phi) is 2.29. The fourth-order valence-electron chi connectivity index (χ4n) is 2.10. The molecule has 2 aromatic rings. The van der Waals surface area contributed by atoms with Crippen LogP contribution in [0.5, 0.6) is 0 Å². The van der Waals surface area contributed by atoms with Crippen LogP contribution in [0.25, 0.3) is 11.1 Å². The largest absolute Gasteiger partial charge is 0.423 e. The Bertz CT molecular complexity index is 461. The predicted octanol–water partition coefficient (Wildman–Crippen LogP) is 1.63. The van der Waals surface area contributed by atoms with Gasteiger partial charge in [-0.25, -0.2) is 0 Å². The summed E-state index contributed by atoms with van der Waals surface area (Å²) in [6.07, 6.45) is 0. The Labute approximate surface area is 94.3 Å². The Morgan fingerprint density at radius 2 is 2.31 bits per heavy atom. The lowest BCUT2D eigenvalue weighted by Crippen LogP contribution is -2.49. The lowest BCUT2D eigenvalue weighted by molar-refractivity contribution is 0.453. The van der Waals surface area contributed by atoms with Crippen molar-refractivity contribution in [2.45, 2.75) is 13.0 Å². The van der Waals surface area contributed by atoms with Crippen molar-refractivity contribution in [3.05, 3.63) is 24.3 Å². The molecule has 1 N–H and O–H groups in total. The maximum Gasteiger partial charge on any atom is 0.298 e. The molecule has 1 aliphatic heterocycles. The van der Waals surface area contributed by atoms with Crippen LogP contribution in [0, 0.1) is 0 Å². The molecule has 1 aromatic carbocycles. The average molecular weight is 217 g/mol. The van der Waals surface area contributed by atoms with Crippen LogP contribution in [-0.2, 0) is 0 Å². The first-order chi connectivity index (χ1) is 7.83. The van der Waals surface area contributed by atoms with E-state index in [2.05, 4.69) is 22.1 Å². The van der Waals surface area contributed by atoms with Crippen molar-refractivity contribution in [3.63, 3.8) is 0 Å². The second-order valence-electron chi connectivity index (χ2n) is 4.27. The number of nitrogens with zero attached hydrogens (tertiary/aromatic N) is 2. The van der Waals surface area contributed by atoms with Crippen LogP contribution in [0.3, 0.4) is 0 Å². The number of hydrogen-bond donors (Lipinski definition) is 1. The molecule has 84 valence electrons. The number of piperazine rings is 1. The van der Waals surface area contributed by atoms with Crippen molar-refractivity contribution >= 4 is 17.1 Å². The number of aromatic nitrogens is 1. The van der Waals surface area contributed by atoms with E-state index in [1.165, 1.54) is 0 Å². The van der Waals surface area contributed by atoms with Crippen molar-refractivity contribution < 1.29 is 4.42 Å². The summed E-state index contributed by atoms with van der Waals surface area (Å²) in [6.45, 7) is 5.07. The zero-order valence-corrected chi connectivity index (χ0v) is 9.31. The van der Waals surface area contributed by atoms with Crippen LogP contribution in [-0.4, -0.2) is 30.7 Å². The van der Waals surface area contributed by atoms with Crippen molar-refractivity contribution in [1.82, 2.24) is 10.3 Å². The van der Waals surface area contributed by atoms with Gasteiger partial charge in [0.15, 0.2) is 5.58 Å². The Hall–Kier alpha value is -1.55. The molecule has 16 heavy (non-hydrogen) atoms. The number of nitrogens with one attached hydrogen (secondary N) is 1. The highest BCUT2D eigenvalue weighted by atomic mass is 16.4. The lowest BCUT2D eigenvalue weighted by atomic mass is 10.2. The van der Waals surface area contributed by atoms with E-state index in [0.717, 1.165) is 36.7 Å². The number of oxazole rings is 1. The third kappa shape index (κ3) is 1.65. The highest BCUT2D eigenvalue weighted by Gasteiger charge is 2.19. The van der Waals surface area contributed by atoms with Gasteiger partial charge in [-0.15, -0.1) is 0 Å². The third-order valence-corrected chi connectivity index (χ3v) is 2.92. The second kappa shape index (κ2) is 3.79. The van der Waals surface area contributed by atoms with Gasteiger partial charge in [-0.2, -0.15) is 4.98 Å². The summed E-state index contributed by atoms with van der Waals surface area (Å²) in [7, 11) is 0. The highest BCUT2D eigenvalue weighted by molar-refractivity contribution is 5.74. The Balaban J connectivity index is 1.93. The normalized spacial score (nSPS) is 21.6. The second-order valence-corrected chi connectivity index (χ2v) is 4.27. The zero-order valence-electron chi connectivity index (χ0n) is 9.31. The fraction of sp³-hybridized carbons (Fsp3) is 0.417. The van der Waals surface area contributed by atoms with Crippen LogP contribution in [0.1, 0.15) is 6.92 Å². The van der Waals surface area contributed by atoms with E-state index in [-0.39, 0.29) is 0 Å². The minimum atomic E-state index is 0.490. The van der Waals surface area contributed by atoms with Crippen molar-refractivity contribution in [3.8, 4) is 0 Å². The van der Waals surface area contributed by atoms with E-state index >= 15 is 0 Å². The van der Waals surface area contributed by atoms with Gasteiger partial charge in [-0.05, 0) is 19.1 Å². The van der Waals surface area contributed by atoms with Crippen LogP contribution < -0.4 is 10.2 Å². The van der Waals surface area contributed by atoms with Crippen LogP contribution in [0.2, 0.25) is 0 Å². The molecule has 1 fully saturated rings. The van der Waals surface area contributed by atoms with E-state index in [9.17, 15) is 0 Å². The SMILES string of the molecule is CC1CN(c2nc3ccccc3o2)CCN1. The number of benzene rings is 1. The number of fused-ring (bicyclic) bond motifs is 1. The molecule has 0 amide bonds. The molecular weight excluding hydrogens is 202 g/mol. The van der Waals surface area contributed by atoms with Crippen molar-refractivity contribution in [2.24, 2.45) is 0 Å². The monoisotopic (exact) mass is 217 g/mol. The zero-order chi connectivity index (χ0) is 11.0. The topological polar surface area (TPSA) is 41.3 Å². The smallest absolute Gasteiger partial charge is 0.298 e. The standard InChI is InChI=1S/C12H15N3O/c1-9-8-15(7-6-13-9)12-14-10-4-2-3-5-11(10)16-12/h2-5,9,13H,6-8H2,1H3. The molecule has 1 saturated heterocycles. The van der Waals surface area contributed by atoms with Crippen LogP contribution in [0.15, 0.2) is 28.7 Å². The molecular formula is C12H15N3O. The molecule has 4 heteroatoms. The number of anilines is 1. The number of hydrogen-bond acceptors (Lipinski definition) is 4. The highest BCUT2D eigenvalue weighted by Crippen LogP contribution is 2.22. The summed E-state index contributed by atoms with van der Waals surface area (Å²) in [5, 5.41) is 3.40. The summed E-state index contributed by atoms with van der Waals surface area (Å²) in [5.41, 5.74) is 1.80. The van der Waals surface area contributed by atoms with Gasteiger partial charge in [0.1, 0.15) is 5.52 Å². The van der Waals surface area contributed by atoms with E-state index in [0.29, 0.717) is 6.04 Å². The first-order valence-electron chi connectivity index (χ1n) is 5.67. The molecule has 0 saturated carbocycles. The molecule has 1 aliphatic rings. The minimum absolute atomic E-state index is 0.490. The summed E-state index contributed by atoms with van der Waals surface area (Å²) in [5.74, 6) is 0. The van der Waals surface area contributed by atoms with Gasteiger partial charge >= 0.3 is 0 Å². The average Bonchev–Trinajstić information content (AvgIpc) is 2.72. The van der Waals surface area contributed by atoms with Gasteiger partial charge in [-0.1, -0.05) is 12.1 Å². The predicted molar refractivity (Wildman–Crippen MR) is 63.7 cm³/mol. The molecule has 0 radical (unpaired) electrons. The lowest BCUT2D eigenvalue weighted by Gasteiger charge is -2.30. The first kappa shape index (κ1) is 9.66. The quantitative estimate of drug-likeness (QED) is 0.788. The van der Waals surface area contributed by atoms with Gasteiger partial charge in [0.05, 0.1) is 0 Å². The van der Waals surface area contributed by atoms with Gasteiger partial charge < -0.3 is 14.6 Å². The van der Waals surface area contributed by atoms with Crippen molar-refractivity contribution in [2.75, 3.05) is 24.5 Å². The van der Waals surface area contributed by atoms with E-state index in [1.807, 2.05) is 24.3 Å². The molecule has 0 bridgehead atoms. The summed E-state index contributed by atoms with van der Waals surface area (Å²) < 4.78 is 5.74. The van der Waals surface area contributed by atoms with Gasteiger partial charge in [0, 0.05) is 25.7 Å². The maximum absolute atomic E-state index is 5.74. The summed E-state index contributed by atoms with van der Waals surface area (Å²) >= 11 is 0. The van der Waals surface area contributed by atoms with Crippen molar-refractivity contribution in [1.29, 1.82) is 0 Å².